The number of aliphatic carboxylic acids is 1. The van der Waals surface area contributed by atoms with Gasteiger partial charge in [0.2, 0.25) is 0 Å². The predicted molar refractivity (Wildman–Crippen MR) is 55.0 cm³/mol. The van der Waals surface area contributed by atoms with Gasteiger partial charge in [-0.15, -0.1) is 11.3 Å². The van der Waals surface area contributed by atoms with E-state index in [2.05, 4.69) is 5.32 Å². The molecule has 6 heteroatoms. The lowest BCUT2D eigenvalue weighted by Gasteiger charge is -2.10. The molecule has 0 unspecified atom stereocenters. The first-order valence-electron chi connectivity index (χ1n) is 4.25. The highest BCUT2D eigenvalue weighted by Crippen LogP contribution is 2.14. The van der Waals surface area contributed by atoms with Gasteiger partial charge in [0.15, 0.2) is 6.04 Å². The van der Waals surface area contributed by atoms with Crippen LogP contribution in [0, 0.1) is 6.92 Å². The van der Waals surface area contributed by atoms with Gasteiger partial charge >= 0.3 is 5.97 Å². The van der Waals surface area contributed by atoms with E-state index in [1.54, 1.807) is 12.1 Å². The molecule has 0 spiro atoms. The van der Waals surface area contributed by atoms with E-state index in [-0.39, 0.29) is 0 Å². The third-order valence-corrected chi connectivity index (χ3v) is 2.75. The maximum Gasteiger partial charge on any atom is 0.328 e. The molecule has 1 aromatic heterocycles. The Hall–Kier alpha value is -1.40. The van der Waals surface area contributed by atoms with E-state index in [0.29, 0.717) is 4.88 Å². The second kappa shape index (κ2) is 4.90. The monoisotopic (exact) mass is 229 g/mol. The van der Waals surface area contributed by atoms with Gasteiger partial charge in [0.1, 0.15) is 0 Å². The highest BCUT2D eigenvalue weighted by molar-refractivity contribution is 7.13. The van der Waals surface area contributed by atoms with Gasteiger partial charge in [0, 0.05) is 4.88 Å². The average Bonchev–Trinajstić information content (AvgIpc) is 2.60. The van der Waals surface area contributed by atoms with Crippen molar-refractivity contribution in [3.05, 3.63) is 21.9 Å². The summed E-state index contributed by atoms with van der Waals surface area (Å²) in [7, 11) is 0. The van der Waals surface area contributed by atoms with Gasteiger partial charge in [0.05, 0.1) is 11.5 Å². The molecule has 0 fully saturated rings. The fourth-order valence-electron chi connectivity index (χ4n) is 0.971. The van der Waals surface area contributed by atoms with Gasteiger partial charge in [0.25, 0.3) is 5.91 Å². The minimum Gasteiger partial charge on any atom is -0.480 e. The predicted octanol–water partition coefficient (Wildman–Crippen LogP) is 0.232. The van der Waals surface area contributed by atoms with Crippen molar-refractivity contribution in [1.29, 1.82) is 0 Å². The minimum absolute atomic E-state index is 0.437. The Bertz CT molecular complexity index is 374. The lowest BCUT2D eigenvalue weighted by atomic mass is 10.3. The van der Waals surface area contributed by atoms with Crippen molar-refractivity contribution in [2.45, 2.75) is 13.0 Å². The lowest BCUT2D eigenvalue weighted by Crippen LogP contribution is -2.43. The first kappa shape index (κ1) is 11.7. The first-order chi connectivity index (χ1) is 7.04. The maximum atomic E-state index is 11.5. The smallest absolute Gasteiger partial charge is 0.328 e. The van der Waals surface area contributed by atoms with E-state index in [0.717, 1.165) is 4.88 Å². The Morgan fingerprint density at radius 2 is 2.20 bits per heavy atom. The SMILES string of the molecule is Cc1ccc(C(=O)N[C@@H](CO)C(=O)O)s1. The second-order valence-corrected chi connectivity index (χ2v) is 4.25. The van der Waals surface area contributed by atoms with Crippen LogP contribution in [0.4, 0.5) is 0 Å². The molecule has 3 N–H and O–H groups in total. The molecule has 1 amide bonds. The van der Waals surface area contributed by atoms with Gasteiger partial charge in [-0.1, -0.05) is 0 Å². The highest BCUT2D eigenvalue weighted by atomic mass is 32.1. The third-order valence-electron chi connectivity index (χ3n) is 1.75. The summed E-state index contributed by atoms with van der Waals surface area (Å²) in [6.07, 6.45) is 0. The molecule has 0 aromatic carbocycles. The number of aliphatic hydroxyl groups excluding tert-OH is 1. The van der Waals surface area contributed by atoms with Crippen LogP contribution < -0.4 is 5.32 Å². The zero-order valence-electron chi connectivity index (χ0n) is 8.06. The summed E-state index contributed by atoms with van der Waals surface area (Å²) in [5.74, 6) is -1.73. The Morgan fingerprint density at radius 3 is 2.60 bits per heavy atom. The average molecular weight is 229 g/mol. The summed E-state index contributed by atoms with van der Waals surface area (Å²) in [6.45, 7) is 1.23. The van der Waals surface area contributed by atoms with Gasteiger partial charge in [-0.2, -0.15) is 0 Å². The number of carbonyl (C=O) groups excluding carboxylic acids is 1. The molecule has 1 rings (SSSR count). The standard InChI is InChI=1S/C9H11NO4S/c1-5-2-3-7(15-5)8(12)10-6(4-11)9(13)14/h2-3,6,11H,4H2,1H3,(H,10,12)(H,13,14)/t6-/m0/s1. The van der Waals surface area contributed by atoms with Crippen molar-refractivity contribution in [1.82, 2.24) is 5.32 Å². The molecule has 0 saturated heterocycles. The molecule has 1 atom stereocenters. The van der Waals surface area contributed by atoms with Gasteiger partial charge in [-0.25, -0.2) is 4.79 Å². The van der Waals surface area contributed by atoms with Gasteiger partial charge in [-0.05, 0) is 19.1 Å². The summed E-state index contributed by atoms with van der Waals surface area (Å²) in [5.41, 5.74) is 0. The zero-order valence-corrected chi connectivity index (χ0v) is 8.87. The second-order valence-electron chi connectivity index (χ2n) is 2.96. The van der Waals surface area contributed by atoms with Gasteiger partial charge in [-0.3, -0.25) is 4.79 Å². The van der Waals surface area contributed by atoms with E-state index in [4.69, 9.17) is 10.2 Å². The van der Waals surface area contributed by atoms with Crippen LogP contribution in [0.3, 0.4) is 0 Å². The normalized spacial score (nSPS) is 12.1. The maximum absolute atomic E-state index is 11.5. The van der Waals surface area contributed by atoms with Crippen molar-refractivity contribution in [2.75, 3.05) is 6.61 Å². The molecule has 0 aliphatic heterocycles. The number of thiophene rings is 1. The van der Waals surface area contributed by atoms with Crippen molar-refractivity contribution in [2.24, 2.45) is 0 Å². The quantitative estimate of drug-likeness (QED) is 0.690. The minimum atomic E-state index is -1.25. The fourth-order valence-corrected chi connectivity index (χ4v) is 1.74. The van der Waals surface area contributed by atoms with Crippen molar-refractivity contribution >= 4 is 23.2 Å². The molecular formula is C9H11NO4S. The van der Waals surface area contributed by atoms with Crippen LogP contribution in [0.15, 0.2) is 12.1 Å². The fraction of sp³-hybridized carbons (Fsp3) is 0.333. The van der Waals surface area contributed by atoms with E-state index in [9.17, 15) is 9.59 Å². The number of carboxylic acid groups (broad SMARTS) is 1. The number of carbonyl (C=O) groups is 2. The van der Waals surface area contributed by atoms with Crippen LogP contribution in [-0.2, 0) is 4.79 Å². The molecule has 0 aliphatic rings. The highest BCUT2D eigenvalue weighted by Gasteiger charge is 2.19. The van der Waals surface area contributed by atoms with Crippen LogP contribution >= 0.6 is 11.3 Å². The van der Waals surface area contributed by atoms with E-state index >= 15 is 0 Å². The van der Waals surface area contributed by atoms with Gasteiger partial charge < -0.3 is 15.5 Å². The number of rotatable bonds is 4. The number of aryl methyl sites for hydroxylation is 1. The van der Waals surface area contributed by atoms with Crippen LogP contribution in [0.5, 0.6) is 0 Å². The Kier molecular flexibility index (Phi) is 3.81. The molecule has 1 aromatic rings. The molecular weight excluding hydrogens is 218 g/mol. The van der Waals surface area contributed by atoms with Crippen molar-refractivity contribution < 1.29 is 19.8 Å². The number of carboxylic acids is 1. The topological polar surface area (TPSA) is 86.6 Å². The number of aliphatic hydroxyl groups is 1. The summed E-state index contributed by atoms with van der Waals surface area (Å²) in [4.78, 5) is 23.4. The van der Waals surface area contributed by atoms with Crippen LogP contribution in [0.25, 0.3) is 0 Å². The van der Waals surface area contributed by atoms with E-state index in [1.807, 2.05) is 6.92 Å². The Balaban J connectivity index is 2.66. The first-order valence-corrected chi connectivity index (χ1v) is 5.07. The molecule has 15 heavy (non-hydrogen) atoms. The molecule has 1 heterocycles. The number of hydrogen-bond donors (Lipinski definition) is 3. The van der Waals surface area contributed by atoms with Crippen LogP contribution in [0.1, 0.15) is 14.5 Å². The largest absolute Gasteiger partial charge is 0.480 e. The Labute approximate surface area is 90.4 Å². The van der Waals surface area contributed by atoms with E-state index < -0.39 is 24.5 Å². The van der Waals surface area contributed by atoms with Crippen molar-refractivity contribution in [3.63, 3.8) is 0 Å². The molecule has 5 nitrogen and oxygen atoms in total. The lowest BCUT2D eigenvalue weighted by molar-refractivity contribution is -0.140. The van der Waals surface area contributed by atoms with E-state index in [1.165, 1.54) is 11.3 Å². The van der Waals surface area contributed by atoms with Crippen LogP contribution in [-0.4, -0.2) is 34.7 Å². The van der Waals surface area contributed by atoms with Crippen LogP contribution in [0.2, 0.25) is 0 Å². The number of amides is 1. The summed E-state index contributed by atoms with van der Waals surface area (Å²) in [5, 5.41) is 19.5. The summed E-state index contributed by atoms with van der Waals surface area (Å²) >= 11 is 1.27. The molecule has 82 valence electrons. The molecule has 0 saturated carbocycles. The summed E-state index contributed by atoms with van der Waals surface area (Å²) in [6, 6.07) is 2.14. The molecule has 0 aliphatic carbocycles. The summed E-state index contributed by atoms with van der Waals surface area (Å²) < 4.78 is 0. The number of nitrogens with one attached hydrogen (secondary N) is 1. The molecule has 0 bridgehead atoms. The Morgan fingerprint density at radius 1 is 1.53 bits per heavy atom. The molecule has 0 radical (unpaired) electrons. The van der Waals surface area contributed by atoms with Crippen molar-refractivity contribution in [3.8, 4) is 0 Å². The number of hydrogen-bond acceptors (Lipinski definition) is 4. The zero-order chi connectivity index (χ0) is 11.4. The third kappa shape index (κ3) is 3.03.